The van der Waals surface area contributed by atoms with E-state index in [0.29, 0.717) is 12.0 Å². The van der Waals surface area contributed by atoms with Gasteiger partial charge in [0.1, 0.15) is 0 Å². The van der Waals surface area contributed by atoms with Gasteiger partial charge in [-0.2, -0.15) is 0 Å². The van der Waals surface area contributed by atoms with Crippen LogP contribution in [0.5, 0.6) is 0 Å². The molecule has 0 bridgehead atoms. The van der Waals surface area contributed by atoms with Crippen LogP contribution in [0.1, 0.15) is 24.8 Å². The highest BCUT2D eigenvalue weighted by Crippen LogP contribution is 2.52. The molecule has 2 rings (SSSR count). The van der Waals surface area contributed by atoms with Gasteiger partial charge in [0, 0.05) is 22.3 Å². The van der Waals surface area contributed by atoms with Gasteiger partial charge in [-0.1, -0.05) is 6.07 Å². The smallest absolute Gasteiger partial charge is 0.306 e. The minimum atomic E-state index is -0.360. The van der Waals surface area contributed by atoms with Crippen molar-refractivity contribution in [3.8, 4) is 0 Å². The molecule has 1 aliphatic carbocycles. The van der Waals surface area contributed by atoms with E-state index in [4.69, 9.17) is 4.74 Å². The third kappa shape index (κ3) is 3.50. The lowest BCUT2D eigenvalue weighted by atomic mass is 10.1. The van der Waals surface area contributed by atoms with Gasteiger partial charge in [0.25, 0.3) is 5.69 Å². The van der Waals surface area contributed by atoms with E-state index in [1.165, 1.54) is 7.11 Å². The van der Waals surface area contributed by atoms with Gasteiger partial charge in [0.05, 0.1) is 18.5 Å². The van der Waals surface area contributed by atoms with Crippen molar-refractivity contribution in [1.29, 1.82) is 0 Å². The molecule has 1 saturated carbocycles. The van der Waals surface area contributed by atoms with Gasteiger partial charge in [-0.3, -0.25) is 14.9 Å². The van der Waals surface area contributed by atoms with Crippen LogP contribution in [0.2, 0.25) is 0 Å². The first-order valence-corrected chi connectivity index (χ1v) is 7.39. The van der Waals surface area contributed by atoms with Crippen molar-refractivity contribution in [2.75, 3.05) is 12.9 Å². The molecule has 108 valence electrons. The molecule has 0 aromatic heterocycles. The fourth-order valence-corrected chi connectivity index (χ4v) is 3.26. The number of nitro groups is 1. The Bertz CT molecular complexity index is 540. The van der Waals surface area contributed by atoms with E-state index in [2.05, 4.69) is 0 Å². The molecule has 1 fully saturated rings. The normalized spacial score (nSPS) is 15.7. The number of nitrogens with zero attached hydrogens (tertiary/aromatic N) is 1. The molecule has 20 heavy (non-hydrogen) atoms. The number of benzene rings is 1. The first-order chi connectivity index (χ1) is 9.46. The Morgan fingerprint density at radius 1 is 1.50 bits per heavy atom. The Morgan fingerprint density at radius 2 is 2.20 bits per heavy atom. The summed E-state index contributed by atoms with van der Waals surface area (Å²) in [5.41, 5.74) is 0.833. The number of esters is 1. The molecule has 0 amide bonds. The number of hydrogen-bond acceptors (Lipinski definition) is 5. The monoisotopic (exact) mass is 295 g/mol. The Kier molecular flexibility index (Phi) is 4.32. The predicted octanol–water partition coefficient (Wildman–Crippen LogP) is 3.34. The molecule has 0 heterocycles. The highest BCUT2D eigenvalue weighted by Gasteiger charge is 2.44. The molecule has 5 nitrogen and oxygen atoms in total. The quantitative estimate of drug-likeness (QED) is 0.348. The van der Waals surface area contributed by atoms with Crippen molar-refractivity contribution in [1.82, 2.24) is 0 Å². The zero-order valence-corrected chi connectivity index (χ0v) is 12.4. The van der Waals surface area contributed by atoms with Crippen molar-refractivity contribution in [3.63, 3.8) is 0 Å². The lowest BCUT2D eigenvalue weighted by Crippen LogP contribution is -2.12. The molecule has 1 aliphatic rings. The number of ether oxygens (including phenoxy) is 1. The van der Waals surface area contributed by atoms with Crippen molar-refractivity contribution in [2.45, 2.75) is 31.1 Å². The van der Waals surface area contributed by atoms with Gasteiger partial charge in [-0.15, -0.1) is 11.8 Å². The van der Waals surface area contributed by atoms with Gasteiger partial charge in [-0.05, 0) is 31.2 Å². The lowest BCUT2D eigenvalue weighted by Gasteiger charge is -2.13. The average Bonchev–Trinajstić information content (AvgIpc) is 3.17. The highest BCUT2D eigenvalue weighted by atomic mass is 32.2. The summed E-state index contributed by atoms with van der Waals surface area (Å²) in [6.45, 7) is 1.73. The van der Waals surface area contributed by atoms with Crippen LogP contribution in [0, 0.1) is 22.5 Å². The number of carbonyl (C=O) groups excluding carboxylic acids is 1. The van der Waals surface area contributed by atoms with Crippen LogP contribution in [-0.2, 0) is 9.53 Å². The molecular formula is C14H17NO4S. The summed E-state index contributed by atoms with van der Waals surface area (Å²) in [6, 6.07) is 5.26. The van der Waals surface area contributed by atoms with Gasteiger partial charge in [-0.25, -0.2) is 0 Å². The fourth-order valence-electron chi connectivity index (χ4n) is 2.04. The van der Waals surface area contributed by atoms with E-state index in [1.54, 1.807) is 30.8 Å². The third-order valence-corrected chi connectivity index (χ3v) is 4.97. The summed E-state index contributed by atoms with van der Waals surface area (Å²) in [7, 11) is 1.40. The van der Waals surface area contributed by atoms with Crippen LogP contribution in [0.15, 0.2) is 23.1 Å². The van der Waals surface area contributed by atoms with Crippen LogP contribution in [0.3, 0.4) is 0 Å². The number of aryl methyl sites for hydroxylation is 1. The van der Waals surface area contributed by atoms with Crippen molar-refractivity contribution in [2.24, 2.45) is 5.41 Å². The summed E-state index contributed by atoms with van der Waals surface area (Å²) in [5, 5.41) is 10.9. The maximum Gasteiger partial charge on any atom is 0.306 e. The highest BCUT2D eigenvalue weighted by molar-refractivity contribution is 7.99. The Morgan fingerprint density at radius 3 is 2.75 bits per heavy atom. The maximum atomic E-state index is 11.3. The van der Waals surface area contributed by atoms with E-state index in [-0.39, 0.29) is 22.0 Å². The molecule has 0 aliphatic heterocycles. The molecule has 0 saturated heterocycles. The van der Waals surface area contributed by atoms with Gasteiger partial charge in [0.2, 0.25) is 0 Å². The predicted molar refractivity (Wildman–Crippen MR) is 76.9 cm³/mol. The van der Waals surface area contributed by atoms with Crippen LogP contribution in [0.25, 0.3) is 0 Å². The van der Waals surface area contributed by atoms with Crippen LogP contribution in [-0.4, -0.2) is 23.8 Å². The topological polar surface area (TPSA) is 69.4 Å². The zero-order chi connectivity index (χ0) is 14.8. The summed E-state index contributed by atoms with van der Waals surface area (Å²) in [6.07, 6.45) is 2.47. The molecular weight excluding hydrogens is 278 g/mol. The second-order valence-electron chi connectivity index (χ2n) is 5.25. The van der Waals surface area contributed by atoms with E-state index >= 15 is 0 Å². The van der Waals surface area contributed by atoms with Crippen LogP contribution in [0.4, 0.5) is 5.69 Å². The maximum absolute atomic E-state index is 11.3. The summed E-state index contributed by atoms with van der Waals surface area (Å²) >= 11 is 1.57. The van der Waals surface area contributed by atoms with E-state index < -0.39 is 0 Å². The van der Waals surface area contributed by atoms with Crippen LogP contribution >= 0.6 is 11.8 Å². The van der Waals surface area contributed by atoms with Crippen molar-refractivity contribution >= 4 is 23.4 Å². The fraction of sp³-hybridized carbons (Fsp3) is 0.500. The lowest BCUT2D eigenvalue weighted by molar-refractivity contribution is -0.385. The second kappa shape index (κ2) is 5.83. The molecule has 0 radical (unpaired) electrons. The van der Waals surface area contributed by atoms with E-state index in [1.807, 2.05) is 6.07 Å². The summed E-state index contributed by atoms with van der Waals surface area (Å²) in [5.74, 6) is 0.612. The summed E-state index contributed by atoms with van der Waals surface area (Å²) in [4.78, 5) is 22.8. The Hall–Kier alpha value is -1.56. The van der Waals surface area contributed by atoms with Gasteiger partial charge >= 0.3 is 5.97 Å². The number of thioether (sulfide) groups is 1. The molecule has 0 spiro atoms. The number of methoxy groups -OCH3 is 1. The third-order valence-electron chi connectivity index (χ3n) is 3.63. The van der Waals surface area contributed by atoms with Crippen molar-refractivity contribution in [3.05, 3.63) is 33.9 Å². The average molecular weight is 295 g/mol. The molecule has 1 aromatic rings. The van der Waals surface area contributed by atoms with Crippen LogP contribution < -0.4 is 0 Å². The number of nitro benzene ring substituents is 1. The summed E-state index contributed by atoms with van der Waals surface area (Å²) < 4.78 is 4.71. The van der Waals surface area contributed by atoms with E-state index in [0.717, 1.165) is 23.5 Å². The number of carbonyl (C=O) groups is 1. The number of hydrogen-bond donors (Lipinski definition) is 0. The standard InChI is InChI=1S/C14H17NO4S/c1-10-3-4-11(7-12(10)15(17)18)20-9-14(5-6-14)8-13(16)19-2/h3-4,7H,5-6,8-9H2,1-2H3. The SMILES string of the molecule is COC(=O)CC1(CSc2ccc(C)c([N+](=O)[O-])c2)CC1. The Balaban J connectivity index is 1.99. The molecule has 0 N–H and O–H groups in total. The van der Waals surface area contributed by atoms with Gasteiger partial charge < -0.3 is 4.74 Å². The minimum absolute atomic E-state index is 0.0252. The van der Waals surface area contributed by atoms with E-state index in [9.17, 15) is 14.9 Å². The molecule has 1 aromatic carbocycles. The second-order valence-corrected chi connectivity index (χ2v) is 6.30. The molecule has 6 heteroatoms. The first-order valence-electron chi connectivity index (χ1n) is 6.40. The molecule has 0 unspecified atom stereocenters. The zero-order valence-electron chi connectivity index (χ0n) is 11.5. The largest absolute Gasteiger partial charge is 0.469 e. The number of rotatable bonds is 6. The molecule has 0 atom stereocenters. The first kappa shape index (κ1) is 14.8. The Labute approximate surface area is 121 Å². The minimum Gasteiger partial charge on any atom is -0.469 e. The van der Waals surface area contributed by atoms with Crippen molar-refractivity contribution < 1.29 is 14.5 Å². The van der Waals surface area contributed by atoms with Gasteiger partial charge in [0.15, 0.2) is 0 Å².